The molecule has 2 aliphatic rings. The number of benzene rings is 2. The zero-order valence-electron chi connectivity index (χ0n) is 13.7. The summed E-state index contributed by atoms with van der Waals surface area (Å²) in [6.07, 6.45) is 0. The molecule has 2 heterocycles. The molecule has 2 aliphatic heterocycles. The number of amides is 2. The third kappa shape index (κ3) is 2.93. The summed E-state index contributed by atoms with van der Waals surface area (Å²) in [6, 6.07) is 12.6. The normalized spacial score (nSPS) is 20.5. The van der Waals surface area contributed by atoms with Crippen LogP contribution in [0.3, 0.4) is 0 Å². The summed E-state index contributed by atoms with van der Waals surface area (Å²) in [5.41, 5.74) is 2.30. The molecule has 6 nitrogen and oxygen atoms in total. The van der Waals surface area contributed by atoms with E-state index in [1.54, 1.807) is 25.3 Å². The number of nitrogens with one attached hydrogen (secondary N) is 1. The Morgan fingerprint density at radius 1 is 1.27 bits per heavy atom. The molecule has 1 fully saturated rings. The van der Waals surface area contributed by atoms with Crippen molar-refractivity contribution in [1.82, 2.24) is 5.01 Å². The van der Waals surface area contributed by atoms with Gasteiger partial charge >= 0.3 is 0 Å². The highest BCUT2D eigenvalue weighted by Crippen LogP contribution is 2.40. The molecule has 0 bridgehead atoms. The van der Waals surface area contributed by atoms with Crippen LogP contribution in [0.2, 0.25) is 5.02 Å². The molecule has 0 aromatic heterocycles. The predicted octanol–water partition coefficient (Wildman–Crippen LogP) is 3.28. The molecule has 0 aliphatic carbocycles. The Balaban J connectivity index is 1.74. The van der Waals surface area contributed by atoms with Crippen LogP contribution in [0.25, 0.3) is 0 Å². The number of hydrogen-bond acceptors (Lipinski definition) is 5. The minimum absolute atomic E-state index is 0.154. The Bertz CT molecular complexity index is 947. The average Bonchev–Trinajstić information content (AvgIpc) is 3.16. The Kier molecular flexibility index (Phi) is 4.34. The lowest BCUT2D eigenvalue weighted by Gasteiger charge is -2.20. The molecule has 1 saturated heterocycles. The number of fused-ring (bicyclic) bond motifs is 1. The van der Waals surface area contributed by atoms with Crippen molar-refractivity contribution in [3.8, 4) is 5.75 Å². The van der Waals surface area contributed by atoms with Crippen molar-refractivity contribution in [1.29, 1.82) is 0 Å². The highest BCUT2D eigenvalue weighted by Gasteiger charge is 2.36. The zero-order valence-corrected chi connectivity index (χ0v) is 15.3. The predicted molar refractivity (Wildman–Crippen MR) is 102 cm³/mol. The van der Waals surface area contributed by atoms with Gasteiger partial charge in [0.1, 0.15) is 11.1 Å². The Morgan fingerprint density at radius 3 is 2.92 bits per heavy atom. The maximum Gasteiger partial charge on any atom is 0.276 e. The van der Waals surface area contributed by atoms with Crippen LogP contribution in [0.1, 0.15) is 16.5 Å². The Morgan fingerprint density at radius 2 is 2.12 bits per heavy atom. The number of halogens is 1. The fourth-order valence-electron chi connectivity index (χ4n) is 2.89. The van der Waals surface area contributed by atoms with E-state index in [0.717, 1.165) is 5.56 Å². The quantitative estimate of drug-likeness (QED) is 0.877. The van der Waals surface area contributed by atoms with Crippen molar-refractivity contribution in [3.05, 3.63) is 58.6 Å². The summed E-state index contributed by atoms with van der Waals surface area (Å²) in [5, 5.41) is 8.69. The van der Waals surface area contributed by atoms with Gasteiger partial charge in [0.05, 0.1) is 18.6 Å². The topological polar surface area (TPSA) is 71.0 Å². The summed E-state index contributed by atoms with van der Waals surface area (Å²) in [6.45, 7) is 0. The van der Waals surface area contributed by atoms with E-state index in [1.807, 2.05) is 24.3 Å². The third-order valence-corrected chi connectivity index (χ3v) is 5.57. The van der Waals surface area contributed by atoms with E-state index < -0.39 is 0 Å². The number of thioether (sulfide) groups is 1. The molecule has 0 spiro atoms. The molecule has 0 radical (unpaired) electrons. The second-order valence-electron chi connectivity index (χ2n) is 5.77. The first-order valence-corrected chi connectivity index (χ1v) is 9.27. The molecule has 2 amide bonds. The van der Waals surface area contributed by atoms with Crippen LogP contribution in [0.15, 0.2) is 47.6 Å². The van der Waals surface area contributed by atoms with E-state index in [0.29, 0.717) is 27.8 Å². The molecule has 1 atom stereocenters. The van der Waals surface area contributed by atoms with Crippen molar-refractivity contribution < 1.29 is 14.3 Å². The number of ether oxygens (including phenoxy) is 1. The highest BCUT2D eigenvalue weighted by atomic mass is 35.5. The maximum atomic E-state index is 12.4. The van der Waals surface area contributed by atoms with Crippen molar-refractivity contribution >= 4 is 46.6 Å². The van der Waals surface area contributed by atoms with Crippen LogP contribution < -0.4 is 10.1 Å². The van der Waals surface area contributed by atoms with Gasteiger partial charge in [-0.15, -0.1) is 11.8 Å². The molecule has 1 N–H and O–H groups in total. The van der Waals surface area contributed by atoms with Gasteiger partial charge in [0.25, 0.3) is 11.8 Å². The fourth-order valence-corrected chi connectivity index (χ4v) is 4.14. The monoisotopic (exact) mass is 387 g/mol. The van der Waals surface area contributed by atoms with Crippen LogP contribution in [0, 0.1) is 0 Å². The van der Waals surface area contributed by atoms with Gasteiger partial charge in [-0.05, 0) is 35.9 Å². The molecule has 2 aromatic carbocycles. The molecule has 4 rings (SSSR count). The molecular formula is C18H14ClN3O3S. The molecule has 1 unspecified atom stereocenters. The lowest BCUT2D eigenvalue weighted by Crippen LogP contribution is -2.27. The van der Waals surface area contributed by atoms with E-state index in [4.69, 9.17) is 16.3 Å². The smallest absolute Gasteiger partial charge is 0.276 e. The van der Waals surface area contributed by atoms with Gasteiger partial charge in [0.15, 0.2) is 5.71 Å². The largest absolute Gasteiger partial charge is 0.497 e. The number of hydrazone groups is 1. The molecule has 26 heavy (non-hydrogen) atoms. The molecular weight excluding hydrogens is 374 g/mol. The van der Waals surface area contributed by atoms with Gasteiger partial charge in [-0.3, -0.25) is 9.59 Å². The van der Waals surface area contributed by atoms with Gasteiger partial charge < -0.3 is 10.1 Å². The van der Waals surface area contributed by atoms with Crippen molar-refractivity contribution in [3.63, 3.8) is 0 Å². The lowest BCUT2D eigenvalue weighted by atomic mass is 10.1. The number of carbonyl (C=O) groups is 2. The SMILES string of the molecule is COc1cccc(C2SCC(=O)N2N=C2C(=O)Nc3ccc(Cl)cc32)c1. The van der Waals surface area contributed by atoms with Crippen LogP contribution in [0.5, 0.6) is 5.75 Å². The van der Waals surface area contributed by atoms with Gasteiger partial charge in [-0.1, -0.05) is 23.7 Å². The highest BCUT2D eigenvalue weighted by molar-refractivity contribution is 8.00. The van der Waals surface area contributed by atoms with Crippen LogP contribution in [-0.4, -0.2) is 35.4 Å². The van der Waals surface area contributed by atoms with E-state index in [9.17, 15) is 9.59 Å². The Hall–Kier alpha value is -2.51. The zero-order chi connectivity index (χ0) is 18.3. The van der Waals surface area contributed by atoms with E-state index >= 15 is 0 Å². The maximum absolute atomic E-state index is 12.4. The number of carbonyl (C=O) groups excluding carboxylic acids is 2. The number of rotatable bonds is 3. The van der Waals surface area contributed by atoms with E-state index in [-0.39, 0.29) is 22.9 Å². The Labute approximate surface area is 159 Å². The molecule has 0 saturated carbocycles. The molecule has 132 valence electrons. The van der Waals surface area contributed by atoms with Gasteiger partial charge in [-0.25, -0.2) is 5.01 Å². The number of nitrogens with zero attached hydrogens (tertiary/aromatic N) is 2. The standard InChI is InChI=1S/C18H14ClN3O3S/c1-25-12-4-2-3-10(7-12)18-22(15(23)9-26-18)21-16-13-8-11(19)5-6-14(13)20-17(16)24/h2-8,18H,9H2,1H3,(H,20,21,24). The third-order valence-electron chi connectivity index (χ3n) is 4.13. The summed E-state index contributed by atoms with van der Waals surface area (Å²) < 4.78 is 5.26. The average molecular weight is 388 g/mol. The first kappa shape index (κ1) is 16.9. The van der Waals surface area contributed by atoms with Crippen molar-refractivity contribution in [2.75, 3.05) is 18.2 Å². The van der Waals surface area contributed by atoms with E-state index in [2.05, 4.69) is 10.4 Å². The first-order chi connectivity index (χ1) is 12.6. The second kappa shape index (κ2) is 6.66. The van der Waals surface area contributed by atoms with Crippen LogP contribution in [-0.2, 0) is 9.59 Å². The van der Waals surface area contributed by atoms with Crippen LogP contribution >= 0.6 is 23.4 Å². The summed E-state index contributed by atoms with van der Waals surface area (Å²) >= 11 is 7.50. The summed E-state index contributed by atoms with van der Waals surface area (Å²) in [4.78, 5) is 24.7. The minimum atomic E-state index is -0.351. The van der Waals surface area contributed by atoms with Gasteiger partial charge in [0.2, 0.25) is 0 Å². The summed E-state index contributed by atoms with van der Waals surface area (Å²) in [7, 11) is 1.59. The number of methoxy groups -OCH3 is 1. The second-order valence-corrected chi connectivity index (χ2v) is 7.28. The van der Waals surface area contributed by atoms with Gasteiger partial charge in [-0.2, -0.15) is 5.10 Å². The number of hydrogen-bond donors (Lipinski definition) is 1. The fraction of sp³-hybridized carbons (Fsp3) is 0.167. The number of anilines is 1. The van der Waals surface area contributed by atoms with E-state index in [1.165, 1.54) is 16.8 Å². The first-order valence-electron chi connectivity index (χ1n) is 7.84. The summed E-state index contributed by atoms with van der Waals surface area (Å²) in [5.74, 6) is 0.489. The minimum Gasteiger partial charge on any atom is -0.497 e. The molecule has 2 aromatic rings. The van der Waals surface area contributed by atoms with Crippen LogP contribution in [0.4, 0.5) is 5.69 Å². The van der Waals surface area contributed by atoms with Crippen molar-refractivity contribution in [2.45, 2.75) is 5.37 Å². The lowest BCUT2D eigenvalue weighted by molar-refractivity contribution is -0.128. The molecule has 8 heteroatoms. The van der Waals surface area contributed by atoms with Gasteiger partial charge in [0, 0.05) is 10.6 Å². The van der Waals surface area contributed by atoms with Crippen molar-refractivity contribution in [2.24, 2.45) is 5.10 Å².